The predicted molar refractivity (Wildman–Crippen MR) is 63.0 cm³/mol. The number of rotatable bonds is 3. The molecule has 5 nitrogen and oxygen atoms in total. The highest BCUT2D eigenvalue weighted by molar-refractivity contribution is 6.33. The molecule has 0 aliphatic carbocycles. The Morgan fingerprint density at radius 3 is 2.88 bits per heavy atom. The molecule has 0 amide bonds. The van der Waals surface area contributed by atoms with Crippen molar-refractivity contribution in [3.8, 4) is 17.2 Å². The second-order valence-electron chi connectivity index (χ2n) is 3.58. The number of fused-ring (bicyclic) bond motifs is 1. The lowest BCUT2D eigenvalue weighted by Gasteiger charge is -2.24. The fourth-order valence-electron chi connectivity index (χ4n) is 1.73. The van der Waals surface area contributed by atoms with E-state index in [0.29, 0.717) is 41.0 Å². The van der Waals surface area contributed by atoms with Gasteiger partial charge in [-0.05, 0) is 0 Å². The Morgan fingerprint density at radius 2 is 2.24 bits per heavy atom. The van der Waals surface area contributed by atoms with Crippen molar-refractivity contribution in [3.63, 3.8) is 0 Å². The molecule has 0 bridgehead atoms. The summed E-state index contributed by atoms with van der Waals surface area (Å²) in [6.45, 7) is 0.915. The number of hydrogen-bond acceptors (Lipinski definition) is 5. The number of nitrogens with two attached hydrogens (primary N) is 1. The van der Waals surface area contributed by atoms with E-state index in [1.165, 1.54) is 7.11 Å². The van der Waals surface area contributed by atoms with Crippen molar-refractivity contribution in [1.82, 2.24) is 0 Å². The van der Waals surface area contributed by atoms with Gasteiger partial charge in [-0.15, -0.1) is 0 Å². The van der Waals surface area contributed by atoms with E-state index in [9.17, 15) is 5.11 Å². The van der Waals surface area contributed by atoms with E-state index in [2.05, 4.69) is 0 Å². The minimum atomic E-state index is -0.909. The zero-order valence-corrected chi connectivity index (χ0v) is 10.2. The van der Waals surface area contributed by atoms with Crippen molar-refractivity contribution >= 4 is 11.6 Å². The molecule has 0 aromatic heterocycles. The molecule has 0 radical (unpaired) electrons. The molecule has 1 unspecified atom stereocenters. The summed E-state index contributed by atoms with van der Waals surface area (Å²) in [5.41, 5.74) is 5.87. The average molecular weight is 260 g/mol. The molecule has 1 heterocycles. The molecular formula is C11H14ClNO4. The fourth-order valence-corrected chi connectivity index (χ4v) is 2.07. The third kappa shape index (κ3) is 2.13. The van der Waals surface area contributed by atoms with Crippen molar-refractivity contribution in [1.29, 1.82) is 0 Å². The SMILES string of the molecule is COc1cc2c(c(C(O)CN)c1Cl)OCCO2. The summed E-state index contributed by atoms with van der Waals surface area (Å²) >= 11 is 6.14. The van der Waals surface area contributed by atoms with Crippen molar-refractivity contribution in [2.45, 2.75) is 6.10 Å². The fraction of sp³-hybridized carbons (Fsp3) is 0.455. The van der Waals surface area contributed by atoms with Gasteiger partial charge in [-0.3, -0.25) is 0 Å². The number of aliphatic hydroxyl groups is 1. The molecule has 1 aromatic carbocycles. The Hall–Kier alpha value is -1.17. The van der Waals surface area contributed by atoms with Crippen LogP contribution in [-0.4, -0.2) is 32.0 Å². The maximum atomic E-state index is 9.89. The highest BCUT2D eigenvalue weighted by Gasteiger charge is 2.26. The quantitative estimate of drug-likeness (QED) is 0.851. The number of hydrogen-bond donors (Lipinski definition) is 2. The standard InChI is InChI=1S/C11H14ClNO4/c1-15-7-4-8-11(17-3-2-16-8)9(10(7)12)6(14)5-13/h4,6,14H,2-3,5,13H2,1H3. The normalized spacial score (nSPS) is 15.5. The first-order valence-electron chi connectivity index (χ1n) is 5.23. The van der Waals surface area contributed by atoms with E-state index in [0.717, 1.165) is 0 Å². The van der Waals surface area contributed by atoms with Crippen LogP contribution in [0.3, 0.4) is 0 Å². The third-order valence-electron chi connectivity index (χ3n) is 2.55. The second-order valence-corrected chi connectivity index (χ2v) is 3.96. The van der Waals surface area contributed by atoms with Gasteiger partial charge >= 0.3 is 0 Å². The first-order valence-corrected chi connectivity index (χ1v) is 5.61. The molecule has 0 spiro atoms. The molecule has 1 aliphatic heterocycles. The van der Waals surface area contributed by atoms with Crippen LogP contribution in [0.4, 0.5) is 0 Å². The number of benzene rings is 1. The monoisotopic (exact) mass is 259 g/mol. The number of ether oxygens (including phenoxy) is 3. The summed E-state index contributed by atoms with van der Waals surface area (Å²) in [5.74, 6) is 1.39. The number of halogens is 1. The van der Waals surface area contributed by atoms with Crippen molar-refractivity contribution in [3.05, 3.63) is 16.7 Å². The van der Waals surface area contributed by atoms with Gasteiger partial charge in [0.1, 0.15) is 19.0 Å². The smallest absolute Gasteiger partial charge is 0.168 e. The Bertz CT molecular complexity index is 424. The molecule has 0 saturated carbocycles. The van der Waals surface area contributed by atoms with Gasteiger partial charge in [-0.25, -0.2) is 0 Å². The lowest BCUT2D eigenvalue weighted by atomic mass is 10.1. The molecule has 0 saturated heterocycles. The second kappa shape index (κ2) is 5.00. The molecule has 1 atom stereocenters. The zero-order valence-electron chi connectivity index (χ0n) is 9.40. The van der Waals surface area contributed by atoms with Crippen LogP contribution in [0.1, 0.15) is 11.7 Å². The van der Waals surface area contributed by atoms with E-state index < -0.39 is 6.10 Å². The molecular weight excluding hydrogens is 246 g/mol. The van der Waals surface area contributed by atoms with Gasteiger partial charge in [-0.2, -0.15) is 0 Å². The third-order valence-corrected chi connectivity index (χ3v) is 2.94. The topological polar surface area (TPSA) is 73.9 Å². The van der Waals surface area contributed by atoms with Crippen LogP contribution in [-0.2, 0) is 0 Å². The maximum absolute atomic E-state index is 9.89. The highest BCUT2D eigenvalue weighted by atomic mass is 35.5. The summed E-state index contributed by atoms with van der Waals surface area (Å²) in [6, 6.07) is 1.64. The van der Waals surface area contributed by atoms with E-state index in [4.69, 9.17) is 31.5 Å². The number of methoxy groups -OCH3 is 1. The van der Waals surface area contributed by atoms with Crippen LogP contribution in [0, 0.1) is 0 Å². The molecule has 3 N–H and O–H groups in total. The van der Waals surface area contributed by atoms with Crippen molar-refractivity contribution in [2.24, 2.45) is 5.73 Å². The lowest BCUT2D eigenvalue weighted by Crippen LogP contribution is -2.20. The largest absolute Gasteiger partial charge is 0.495 e. The van der Waals surface area contributed by atoms with Gasteiger partial charge in [-0.1, -0.05) is 11.6 Å². The molecule has 1 aliphatic rings. The molecule has 0 fully saturated rings. The molecule has 2 rings (SSSR count). The minimum absolute atomic E-state index is 0.0443. The molecule has 94 valence electrons. The van der Waals surface area contributed by atoms with E-state index in [1.807, 2.05) is 0 Å². The van der Waals surface area contributed by atoms with E-state index in [-0.39, 0.29) is 6.54 Å². The van der Waals surface area contributed by atoms with Gasteiger partial charge in [0.15, 0.2) is 11.5 Å². The summed E-state index contributed by atoms with van der Waals surface area (Å²) in [7, 11) is 1.50. The van der Waals surface area contributed by atoms with Gasteiger partial charge in [0.25, 0.3) is 0 Å². The zero-order chi connectivity index (χ0) is 12.4. The predicted octanol–water partition coefficient (Wildman–Crippen LogP) is 1.11. The summed E-state index contributed by atoms with van der Waals surface area (Å²) in [5, 5.41) is 10.2. The number of aliphatic hydroxyl groups excluding tert-OH is 1. The van der Waals surface area contributed by atoms with Crippen LogP contribution < -0.4 is 19.9 Å². The highest BCUT2D eigenvalue weighted by Crippen LogP contribution is 2.46. The average Bonchev–Trinajstić information content (AvgIpc) is 2.37. The summed E-state index contributed by atoms with van der Waals surface area (Å²) in [4.78, 5) is 0. The van der Waals surface area contributed by atoms with E-state index >= 15 is 0 Å². The minimum Gasteiger partial charge on any atom is -0.495 e. The summed E-state index contributed by atoms with van der Waals surface area (Å²) < 4.78 is 16.0. The summed E-state index contributed by atoms with van der Waals surface area (Å²) in [6.07, 6.45) is -0.909. The Labute approximate surface area is 104 Å². The van der Waals surface area contributed by atoms with Crippen LogP contribution >= 0.6 is 11.6 Å². The Balaban J connectivity index is 2.59. The van der Waals surface area contributed by atoms with Gasteiger partial charge < -0.3 is 25.1 Å². The Morgan fingerprint density at radius 1 is 1.53 bits per heavy atom. The lowest BCUT2D eigenvalue weighted by molar-refractivity contribution is 0.148. The van der Waals surface area contributed by atoms with Crippen LogP contribution in [0.2, 0.25) is 5.02 Å². The molecule has 1 aromatic rings. The van der Waals surface area contributed by atoms with E-state index in [1.54, 1.807) is 6.07 Å². The van der Waals surface area contributed by atoms with Gasteiger partial charge in [0.05, 0.1) is 23.8 Å². The Kier molecular flexibility index (Phi) is 3.61. The molecule has 17 heavy (non-hydrogen) atoms. The van der Waals surface area contributed by atoms with Crippen molar-refractivity contribution < 1.29 is 19.3 Å². The van der Waals surface area contributed by atoms with Crippen molar-refractivity contribution in [2.75, 3.05) is 26.9 Å². The first-order chi connectivity index (χ1) is 8.19. The first kappa shape index (κ1) is 12.3. The van der Waals surface area contributed by atoms with Gasteiger partial charge in [0.2, 0.25) is 0 Å². The van der Waals surface area contributed by atoms with Gasteiger partial charge in [0, 0.05) is 12.6 Å². The van der Waals surface area contributed by atoms with Crippen LogP contribution in [0.15, 0.2) is 6.07 Å². The van der Waals surface area contributed by atoms with Crippen LogP contribution in [0.5, 0.6) is 17.2 Å². The molecule has 6 heteroatoms. The maximum Gasteiger partial charge on any atom is 0.168 e. The van der Waals surface area contributed by atoms with Crippen LogP contribution in [0.25, 0.3) is 0 Å².